The van der Waals surface area contributed by atoms with Crippen LogP contribution in [0.15, 0.2) is 103 Å². The van der Waals surface area contributed by atoms with Crippen LogP contribution in [0.2, 0.25) is 0 Å². The lowest BCUT2D eigenvalue weighted by molar-refractivity contribution is -0.385. The highest BCUT2D eigenvalue weighted by Crippen LogP contribution is 2.34. The first-order valence-corrected chi connectivity index (χ1v) is 14.2. The monoisotopic (exact) mass is 593 g/mol. The summed E-state index contributed by atoms with van der Waals surface area (Å²) in [6, 6.07) is 28.6. The molecule has 4 aromatic carbocycles. The Morgan fingerprint density at radius 3 is 2.30 bits per heavy atom. The van der Waals surface area contributed by atoms with Crippen molar-refractivity contribution in [2.45, 2.75) is 31.8 Å². The highest BCUT2D eigenvalue weighted by Gasteiger charge is 2.37. The number of nitro benzene ring substituents is 1. The number of hydrogen-bond donors (Lipinski definition) is 0. The van der Waals surface area contributed by atoms with E-state index in [1.54, 1.807) is 54.6 Å². The van der Waals surface area contributed by atoms with Crippen LogP contribution in [-0.2, 0) is 33.7 Å². The van der Waals surface area contributed by atoms with Gasteiger partial charge in [0.2, 0.25) is 11.7 Å². The lowest BCUT2D eigenvalue weighted by Gasteiger charge is -2.34. The van der Waals surface area contributed by atoms with E-state index < -0.39 is 23.0 Å². The molecule has 3 amide bonds. The number of aryl methyl sites for hydroxylation is 1. The average molecular weight is 594 g/mol. The van der Waals surface area contributed by atoms with Gasteiger partial charge in [0.25, 0.3) is 5.91 Å². The van der Waals surface area contributed by atoms with E-state index in [9.17, 15) is 24.5 Å². The Kier molecular flexibility index (Phi) is 9.29. The number of amides is 3. The van der Waals surface area contributed by atoms with Gasteiger partial charge in [-0.2, -0.15) is 0 Å². The van der Waals surface area contributed by atoms with Crippen molar-refractivity contribution in [3.05, 3.63) is 135 Å². The molecule has 44 heavy (non-hydrogen) atoms. The van der Waals surface area contributed by atoms with Gasteiger partial charge >= 0.3 is 11.8 Å². The van der Waals surface area contributed by atoms with Crippen molar-refractivity contribution < 1.29 is 28.8 Å². The molecule has 0 saturated carbocycles. The fourth-order valence-corrected chi connectivity index (χ4v) is 5.22. The predicted molar refractivity (Wildman–Crippen MR) is 162 cm³/mol. The summed E-state index contributed by atoms with van der Waals surface area (Å²) in [6.07, 6.45) is -0.421. The van der Waals surface area contributed by atoms with Crippen molar-refractivity contribution in [1.29, 1.82) is 0 Å². The topological polar surface area (TPSA) is 119 Å². The second-order valence-corrected chi connectivity index (χ2v) is 10.3. The number of methoxy groups -OCH3 is 1. The van der Waals surface area contributed by atoms with Crippen LogP contribution >= 0.6 is 0 Å². The predicted octanol–water partition coefficient (Wildman–Crippen LogP) is 6.24. The number of nitrogens with zero attached hydrogens (tertiary/aromatic N) is 3. The van der Waals surface area contributed by atoms with Crippen LogP contribution in [0.25, 0.3) is 0 Å². The summed E-state index contributed by atoms with van der Waals surface area (Å²) in [6.45, 7) is -0.0170. The van der Waals surface area contributed by atoms with Gasteiger partial charge in [0.15, 0.2) is 0 Å². The first kappa shape index (κ1) is 30.0. The summed E-state index contributed by atoms with van der Waals surface area (Å²) in [7, 11) is 1.17. The van der Waals surface area contributed by atoms with Crippen LogP contribution in [0.3, 0.4) is 0 Å². The molecule has 0 fully saturated rings. The maximum Gasteiger partial charge on any atom is 0.416 e. The Balaban J connectivity index is 1.63. The van der Waals surface area contributed by atoms with E-state index in [4.69, 9.17) is 9.47 Å². The second kappa shape index (κ2) is 13.6. The summed E-state index contributed by atoms with van der Waals surface area (Å²) in [4.78, 5) is 55.4. The molecule has 0 saturated heterocycles. The third-order valence-corrected chi connectivity index (χ3v) is 7.44. The zero-order valence-corrected chi connectivity index (χ0v) is 24.1. The molecular weight excluding hydrogens is 562 g/mol. The van der Waals surface area contributed by atoms with Crippen LogP contribution in [0, 0.1) is 10.1 Å². The molecule has 10 heteroatoms. The van der Waals surface area contributed by atoms with Crippen molar-refractivity contribution in [3.63, 3.8) is 0 Å². The quantitative estimate of drug-likeness (QED) is 0.203. The Labute approximate surface area is 254 Å². The smallest absolute Gasteiger partial charge is 0.416 e. The van der Waals surface area contributed by atoms with Crippen LogP contribution in [-0.4, -0.2) is 46.3 Å². The van der Waals surface area contributed by atoms with Crippen LogP contribution in [0.4, 0.5) is 10.5 Å². The van der Waals surface area contributed by atoms with Gasteiger partial charge in [0.1, 0.15) is 11.8 Å². The van der Waals surface area contributed by atoms with E-state index in [-0.39, 0.29) is 43.3 Å². The number of hydrogen-bond acceptors (Lipinski definition) is 7. The van der Waals surface area contributed by atoms with Crippen LogP contribution in [0.5, 0.6) is 11.5 Å². The number of rotatable bonds is 4. The first-order valence-electron chi connectivity index (χ1n) is 14.2. The summed E-state index contributed by atoms with van der Waals surface area (Å²) < 4.78 is 10.9. The summed E-state index contributed by atoms with van der Waals surface area (Å²) in [5, 5.41) is 12.0. The van der Waals surface area contributed by atoms with Gasteiger partial charge in [0.05, 0.1) is 12.0 Å². The van der Waals surface area contributed by atoms with E-state index >= 15 is 0 Å². The highest BCUT2D eigenvalue weighted by molar-refractivity contribution is 5.97. The molecule has 10 nitrogen and oxygen atoms in total. The minimum atomic E-state index is -1.15. The van der Waals surface area contributed by atoms with Crippen molar-refractivity contribution in [3.8, 4) is 11.5 Å². The van der Waals surface area contributed by atoms with Crippen molar-refractivity contribution >= 4 is 23.6 Å². The Morgan fingerprint density at radius 2 is 1.59 bits per heavy atom. The molecule has 4 aromatic rings. The molecular formula is C34H31N3O7. The summed E-state index contributed by atoms with van der Waals surface area (Å²) >= 11 is 0. The van der Waals surface area contributed by atoms with Gasteiger partial charge in [-0.05, 0) is 53.3 Å². The Morgan fingerprint density at radius 1 is 0.886 bits per heavy atom. The molecule has 2 heterocycles. The lowest BCUT2D eigenvalue weighted by Crippen LogP contribution is -2.48. The number of benzene rings is 4. The molecule has 1 unspecified atom stereocenters. The molecule has 2 aliphatic rings. The highest BCUT2D eigenvalue weighted by atomic mass is 16.6. The van der Waals surface area contributed by atoms with Crippen molar-refractivity contribution in [2.24, 2.45) is 0 Å². The molecule has 0 N–H and O–H groups in total. The number of imide groups is 1. The average Bonchev–Trinajstić information content (AvgIpc) is 3.04. The molecule has 0 spiro atoms. The Bertz CT molecular complexity index is 1660. The SMILES string of the molecule is COC(=O)N1CCc2ccc(c([N+](=O)[O-])c2)Oc2cccc(c2)CCC(=O)N(Cc2ccccc2)C(c2ccccc2)C1=O. The van der Waals surface area contributed by atoms with Crippen LogP contribution < -0.4 is 4.74 Å². The normalized spacial score (nSPS) is 15.8. The molecule has 4 bridgehead atoms. The van der Waals surface area contributed by atoms with E-state index in [0.717, 1.165) is 16.0 Å². The standard InChI is InChI=1S/C34H31N3O7/c1-43-34(40)35-20-19-25-15-17-30(29(22-25)37(41)42)44-28-14-8-11-24(21-28)16-18-31(38)36(23-26-9-4-2-5-10-26)32(33(35)39)27-12-6-3-7-13-27/h2-15,17,21-22,32H,16,18-20,23H2,1H3. The summed E-state index contributed by atoms with van der Waals surface area (Å²) in [5.74, 6) is -0.492. The molecule has 2 aliphatic heterocycles. The molecule has 0 radical (unpaired) electrons. The number of fused-ring (bicyclic) bond motifs is 10. The van der Waals surface area contributed by atoms with E-state index in [1.165, 1.54) is 24.1 Å². The number of ether oxygens (including phenoxy) is 2. The third-order valence-electron chi connectivity index (χ3n) is 7.44. The molecule has 0 aromatic heterocycles. The largest absolute Gasteiger partial charge is 0.452 e. The van der Waals surface area contributed by atoms with Gasteiger partial charge in [-0.15, -0.1) is 0 Å². The molecule has 0 aliphatic carbocycles. The van der Waals surface area contributed by atoms with Crippen molar-refractivity contribution in [2.75, 3.05) is 13.7 Å². The van der Waals surface area contributed by atoms with E-state index in [1.807, 2.05) is 36.4 Å². The van der Waals surface area contributed by atoms with Gasteiger partial charge in [-0.3, -0.25) is 19.7 Å². The number of nitro groups is 1. The van der Waals surface area contributed by atoms with E-state index in [2.05, 4.69) is 0 Å². The number of carbonyl (C=O) groups excluding carboxylic acids is 3. The van der Waals surface area contributed by atoms with Gasteiger partial charge in [-0.25, -0.2) is 9.69 Å². The number of carbonyl (C=O) groups is 3. The fourth-order valence-electron chi connectivity index (χ4n) is 5.22. The molecule has 224 valence electrons. The minimum Gasteiger partial charge on any atom is -0.452 e. The van der Waals surface area contributed by atoms with Gasteiger partial charge < -0.3 is 14.4 Å². The maximum atomic E-state index is 14.4. The van der Waals surface area contributed by atoms with Crippen molar-refractivity contribution in [1.82, 2.24) is 9.80 Å². The summed E-state index contributed by atoms with van der Waals surface area (Å²) in [5.41, 5.74) is 2.38. The lowest BCUT2D eigenvalue weighted by atomic mass is 10.0. The molecule has 6 rings (SSSR count). The minimum absolute atomic E-state index is 0.0513. The van der Waals surface area contributed by atoms with Gasteiger partial charge in [0, 0.05) is 25.6 Å². The molecule has 1 atom stereocenters. The Hall–Kier alpha value is -5.51. The first-order chi connectivity index (χ1) is 21.3. The third kappa shape index (κ3) is 6.92. The fraction of sp³-hybridized carbons (Fsp3) is 0.206. The zero-order valence-electron chi connectivity index (χ0n) is 24.1. The maximum absolute atomic E-state index is 14.4. The second-order valence-electron chi connectivity index (χ2n) is 10.3. The van der Waals surface area contributed by atoms with E-state index in [0.29, 0.717) is 23.3 Å². The van der Waals surface area contributed by atoms with Crippen LogP contribution in [0.1, 0.15) is 34.7 Å². The zero-order chi connectivity index (χ0) is 31.1. The van der Waals surface area contributed by atoms with Gasteiger partial charge in [-0.1, -0.05) is 78.9 Å².